The predicted molar refractivity (Wildman–Crippen MR) is 91.5 cm³/mol. The van der Waals surface area contributed by atoms with Crippen molar-refractivity contribution >= 4 is 50.2 Å². The summed E-state index contributed by atoms with van der Waals surface area (Å²) in [6.07, 6.45) is 6.49. The highest BCUT2D eigenvalue weighted by Crippen LogP contribution is 2.31. The van der Waals surface area contributed by atoms with Crippen molar-refractivity contribution in [2.75, 3.05) is 0 Å². The van der Waals surface area contributed by atoms with Crippen LogP contribution in [-0.4, -0.2) is 18.9 Å². The van der Waals surface area contributed by atoms with E-state index < -0.39 is 15.6 Å². The first-order valence-electron chi connectivity index (χ1n) is 6.95. The molecule has 0 amide bonds. The first-order chi connectivity index (χ1) is 9.86. The number of nitrogens with two attached hydrogens (primary N) is 1. The normalized spacial score (nSPS) is 19.7. The molecule has 0 aromatic carbocycles. The van der Waals surface area contributed by atoms with Crippen LogP contribution >= 0.6 is 35.2 Å². The van der Waals surface area contributed by atoms with Gasteiger partial charge in [0, 0.05) is 0 Å². The van der Waals surface area contributed by atoms with Crippen LogP contribution < -0.4 is 10.5 Å². The van der Waals surface area contributed by atoms with Crippen molar-refractivity contribution in [1.82, 2.24) is 4.72 Å². The summed E-state index contributed by atoms with van der Waals surface area (Å²) in [5.74, 6) is 0. The summed E-state index contributed by atoms with van der Waals surface area (Å²) in [6.45, 7) is 0. The number of thiophene rings is 1. The summed E-state index contributed by atoms with van der Waals surface area (Å²) in [6, 6.07) is 3.08. The maximum Gasteiger partial charge on any atom is 0.250 e. The molecule has 0 saturated heterocycles. The number of nitrogens with one attached hydrogen (secondary N) is 1. The molecule has 0 bridgehead atoms. The van der Waals surface area contributed by atoms with Crippen molar-refractivity contribution < 1.29 is 8.42 Å². The Bertz CT molecular complexity index is 605. The Morgan fingerprint density at radius 2 is 1.81 bits per heavy atom. The van der Waals surface area contributed by atoms with Crippen molar-refractivity contribution in [2.24, 2.45) is 5.73 Å². The first kappa shape index (κ1) is 17.1. The smallest absolute Gasteiger partial charge is 0.250 e. The van der Waals surface area contributed by atoms with Gasteiger partial charge in [0.05, 0.1) is 14.9 Å². The molecule has 2 rings (SSSR count). The van der Waals surface area contributed by atoms with Gasteiger partial charge in [0.15, 0.2) is 0 Å². The Morgan fingerprint density at radius 3 is 2.29 bits per heavy atom. The Hall–Kier alpha value is -0.210. The summed E-state index contributed by atoms with van der Waals surface area (Å²) in [5, 5.41) is 0. The van der Waals surface area contributed by atoms with Crippen LogP contribution in [0, 0.1) is 0 Å². The molecule has 1 aliphatic carbocycles. The minimum atomic E-state index is -3.65. The molecule has 3 N–H and O–H groups in total. The van der Waals surface area contributed by atoms with Gasteiger partial charge in [0.2, 0.25) is 0 Å². The highest BCUT2D eigenvalue weighted by molar-refractivity contribution is 7.91. The van der Waals surface area contributed by atoms with E-state index in [0.717, 1.165) is 37.0 Å². The lowest BCUT2D eigenvalue weighted by molar-refractivity contribution is 0.372. The molecular weight excluding hydrogens is 348 g/mol. The second-order valence-corrected chi connectivity index (χ2v) is 9.44. The number of thiocarbonyl (C=S) groups is 1. The summed E-state index contributed by atoms with van der Waals surface area (Å²) >= 11 is 12.0. The lowest BCUT2D eigenvalue weighted by atomic mass is 9.85. The molecule has 1 fully saturated rings. The van der Waals surface area contributed by atoms with E-state index in [4.69, 9.17) is 29.6 Å². The van der Waals surface area contributed by atoms with E-state index in [0.29, 0.717) is 17.2 Å². The van der Waals surface area contributed by atoms with Crippen LogP contribution in [-0.2, 0) is 10.0 Å². The minimum Gasteiger partial charge on any atom is -0.392 e. The molecule has 0 aliphatic heterocycles. The van der Waals surface area contributed by atoms with Gasteiger partial charge in [0.25, 0.3) is 10.0 Å². The summed E-state index contributed by atoms with van der Waals surface area (Å²) in [4.78, 5) is 0.232. The van der Waals surface area contributed by atoms with Crippen LogP contribution in [0.1, 0.15) is 44.9 Å². The van der Waals surface area contributed by atoms with Gasteiger partial charge in [-0.05, 0) is 25.0 Å². The van der Waals surface area contributed by atoms with Gasteiger partial charge >= 0.3 is 0 Å². The quantitative estimate of drug-likeness (QED) is 0.800. The zero-order chi connectivity index (χ0) is 15.5. The highest BCUT2D eigenvalue weighted by atomic mass is 35.5. The van der Waals surface area contributed by atoms with E-state index in [2.05, 4.69) is 4.72 Å². The van der Waals surface area contributed by atoms with E-state index in [9.17, 15) is 8.42 Å². The Kier molecular flexibility index (Phi) is 5.65. The zero-order valence-corrected chi connectivity index (χ0v) is 14.8. The molecule has 1 aromatic rings. The van der Waals surface area contributed by atoms with E-state index in [1.165, 1.54) is 12.5 Å². The summed E-state index contributed by atoms with van der Waals surface area (Å²) in [7, 11) is -3.65. The molecule has 8 heteroatoms. The zero-order valence-electron chi connectivity index (χ0n) is 11.6. The maximum atomic E-state index is 12.5. The molecule has 4 nitrogen and oxygen atoms in total. The summed E-state index contributed by atoms with van der Waals surface area (Å²) < 4.78 is 28.5. The number of halogens is 1. The second kappa shape index (κ2) is 6.91. The van der Waals surface area contributed by atoms with Gasteiger partial charge in [-0.25, -0.2) is 8.42 Å². The topological polar surface area (TPSA) is 72.2 Å². The molecule has 1 aliphatic rings. The van der Waals surface area contributed by atoms with Crippen LogP contribution in [0.25, 0.3) is 0 Å². The molecule has 0 atom stereocenters. The lowest BCUT2D eigenvalue weighted by Gasteiger charge is -2.34. The van der Waals surface area contributed by atoms with Crippen molar-refractivity contribution in [1.29, 1.82) is 0 Å². The third-order valence-corrected chi connectivity index (χ3v) is 7.47. The Morgan fingerprint density at radius 1 is 1.24 bits per heavy atom. The van der Waals surface area contributed by atoms with Gasteiger partial charge in [-0.15, -0.1) is 11.3 Å². The molecule has 1 heterocycles. The van der Waals surface area contributed by atoms with Gasteiger partial charge in [0.1, 0.15) is 4.21 Å². The van der Waals surface area contributed by atoms with Crippen molar-refractivity contribution in [2.45, 2.75) is 54.7 Å². The van der Waals surface area contributed by atoms with Crippen molar-refractivity contribution in [3.8, 4) is 0 Å². The molecule has 0 spiro atoms. The van der Waals surface area contributed by atoms with Crippen LogP contribution in [0.2, 0.25) is 4.34 Å². The third-order valence-electron chi connectivity index (χ3n) is 3.82. The van der Waals surface area contributed by atoms with Crippen LogP contribution in [0.4, 0.5) is 0 Å². The Balaban J connectivity index is 2.28. The van der Waals surface area contributed by atoms with Crippen molar-refractivity contribution in [3.05, 3.63) is 16.5 Å². The number of rotatable bonds is 4. The third kappa shape index (κ3) is 4.16. The second-order valence-electron chi connectivity index (χ2n) is 5.38. The van der Waals surface area contributed by atoms with Crippen LogP contribution in [0.5, 0.6) is 0 Å². The lowest BCUT2D eigenvalue weighted by Crippen LogP contribution is -2.56. The van der Waals surface area contributed by atoms with Gasteiger partial charge in [-0.3, -0.25) is 0 Å². The number of hydrogen-bond donors (Lipinski definition) is 2. The average molecular weight is 367 g/mol. The fourth-order valence-electron chi connectivity index (χ4n) is 2.66. The molecule has 21 heavy (non-hydrogen) atoms. The van der Waals surface area contributed by atoms with E-state index >= 15 is 0 Å². The predicted octanol–water partition coefficient (Wildman–Crippen LogP) is 3.45. The Labute approximate surface area is 140 Å². The molecule has 1 aromatic heterocycles. The van der Waals surface area contributed by atoms with Gasteiger partial charge in [-0.2, -0.15) is 4.72 Å². The first-order valence-corrected chi connectivity index (χ1v) is 10.0. The van der Waals surface area contributed by atoms with Crippen LogP contribution in [0.3, 0.4) is 0 Å². The molecule has 0 unspecified atom stereocenters. The average Bonchev–Trinajstić information content (AvgIpc) is 2.80. The monoisotopic (exact) mass is 366 g/mol. The molecule has 1 saturated carbocycles. The maximum absolute atomic E-state index is 12.5. The molecular formula is C13H19ClN2O2S3. The van der Waals surface area contributed by atoms with Gasteiger partial charge < -0.3 is 5.73 Å². The van der Waals surface area contributed by atoms with Crippen molar-refractivity contribution in [3.63, 3.8) is 0 Å². The standard InChI is InChI=1S/C13H19ClN2O2S3/c14-10-6-7-11(20-10)21(17,18)16-13(12(15)19)8-4-2-1-3-5-9-13/h6-7,16H,1-5,8-9H2,(H2,15,19). The minimum absolute atomic E-state index is 0.199. The fraction of sp³-hybridized carbons (Fsp3) is 0.615. The molecule has 0 radical (unpaired) electrons. The summed E-state index contributed by atoms with van der Waals surface area (Å²) in [5.41, 5.74) is 5.08. The fourth-order valence-corrected chi connectivity index (χ4v) is 5.90. The number of hydrogen-bond acceptors (Lipinski definition) is 4. The SMILES string of the molecule is NC(=S)C1(NS(=O)(=O)c2ccc(Cl)s2)CCCCCCC1. The van der Waals surface area contributed by atoms with E-state index in [-0.39, 0.29) is 9.20 Å². The highest BCUT2D eigenvalue weighted by Gasteiger charge is 2.38. The largest absolute Gasteiger partial charge is 0.392 e. The van der Waals surface area contributed by atoms with E-state index in [1.807, 2.05) is 0 Å². The van der Waals surface area contributed by atoms with Gasteiger partial charge in [-0.1, -0.05) is 55.9 Å². The molecule has 118 valence electrons. The van der Waals surface area contributed by atoms with Crippen LogP contribution in [0.15, 0.2) is 16.3 Å². The number of sulfonamides is 1. The van der Waals surface area contributed by atoms with E-state index in [1.54, 1.807) is 6.07 Å².